The number of benzene rings is 1. The van der Waals surface area contributed by atoms with Crippen LogP contribution in [0, 0.1) is 5.92 Å². The standard InChI is InChI=1S/C23H35N3O4/c27-22-2-1-9-26(16-18-3-4-18)17-21(22)24-23(28)19-5-7-20(8-6-19)30-15-12-25-10-13-29-14-11-25/h5-8,18,21-22,27H,1-4,9-17H2,(H,24,28)/t21-,22+/m0/s1. The first-order valence-corrected chi connectivity index (χ1v) is 11.4. The van der Waals surface area contributed by atoms with Crippen molar-refractivity contribution < 1.29 is 19.4 Å². The quantitative estimate of drug-likeness (QED) is 0.666. The molecule has 1 saturated carbocycles. The van der Waals surface area contributed by atoms with Gasteiger partial charge in [-0.1, -0.05) is 0 Å². The first kappa shape index (κ1) is 21.6. The lowest BCUT2D eigenvalue weighted by Gasteiger charge is -2.27. The van der Waals surface area contributed by atoms with Gasteiger partial charge in [0.2, 0.25) is 0 Å². The summed E-state index contributed by atoms with van der Waals surface area (Å²) < 4.78 is 11.2. The van der Waals surface area contributed by atoms with E-state index in [9.17, 15) is 9.90 Å². The average molecular weight is 418 g/mol. The topological polar surface area (TPSA) is 74.3 Å². The van der Waals surface area contributed by atoms with Gasteiger partial charge in [0, 0.05) is 38.3 Å². The van der Waals surface area contributed by atoms with Gasteiger partial charge in [0.15, 0.2) is 0 Å². The SMILES string of the molecule is O=C(N[C@H]1CN(CC2CC2)CCC[C@H]1O)c1ccc(OCCN2CCOCC2)cc1. The van der Waals surface area contributed by atoms with Crippen LogP contribution in [0.3, 0.4) is 0 Å². The Hall–Kier alpha value is -1.67. The molecule has 30 heavy (non-hydrogen) atoms. The molecule has 0 spiro atoms. The van der Waals surface area contributed by atoms with Crippen LogP contribution < -0.4 is 10.1 Å². The van der Waals surface area contributed by atoms with E-state index in [0.717, 1.165) is 77.0 Å². The number of ether oxygens (including phenoxy) is 2. The molecule has 3 fully saturated rings. The van der Waals surface area contributed by atoms with Crippen LogP contribution in [0.4, 0.5) is 0 Å². The van der Waals surface area contributed by atoms with Gasteiger partial charge in [-0.2, -0.15) is 0 Å². The maximum absolute atomic E-state index is 12.7. The third-order valence-corrected chi connectivity index (χ3v) is 6.32. The summed E-state index contributed by atoms with van der Waals surface area (Å²) in [5, 5.41) is 13.6. The smallest absolute Gasteiger partial charge is 0.251 e. The highest BCUT2D eigenvalue weighted by Gasteiger charge is 2.30. The van der Waals surface area contributed by atoms with Crippen LogP contribution in [0.2, 0.25) is 0 Å². The zero-order valence-electron chi connectivity index (χ0n) is 17.8. The summed E-state index contributed by atoms with van der Waals surface area (Å²) in [6, 6.07) is 7.06. The number of hydrogen-bond acceptors (Lipinski definition) is 6. The molecule has 0 aromatic heterocycles. The molecule has 2 heterocycles. The molecule has 1 aliphatic carbocycles. The average Bonchev–Trinajstić information content (AvgIpc) is 3.59. The number of hydrogen-bond donors (Lipinski definition) is 2. The van der Waals surface area contributed by atoms with Crippen LogP contribution in [0.25, 0.3) is 0 Å². The van der Waals surface area contributed by atoms with Crippen LogP contribution in [0.15, 0.2) is 24.3 Å². The third-order valence-electron chi connectivity index (χ3n) is 6.32. The Morgan fingerprint density at radius 3 is 2.60 bits per heavy atom. The van der Waals surface area contributed by atoms with Crippen molar-refractivity contribution in [1.29, 1.82) is 0 Å². The minimum atomic E-state index is -0.485. The normalized spacial score (nSPS) is 26.2. The van der Waals surface area contributed by atoms with Crippen molar-refractivity contribution >= 4 is 5.91 Å². The molecule has 2 atom stereocenters. The number of likely N-dealkylation sites (tertiary alicyclic amines) is 1. The first-order valence-electron chi connectivity index (χ1n) is 11.4. The minimum Gasteiger partial charge on any atom is -0.492 e. The molecular formula is C23H35N3O4. The fourth-order valence-electron chi connectivity index (χ4n) is 4.26. The molecule has 2 aliphatic heterocycles. The molecule has 1 aromatic carbocycles. The number of carbonyl (C=O) groups is 1. The van der Waals surface area contributed by atoms with E-state index < -0.39 is 6.10 Å². The number of rotatable bonds is 8. The number of aliphatic hydroxyl groups is 1. The highest BCUT2D eigenvalue weighted by molar-refractivity contribution is 5.94. The fourth-order valence-corrected chi connectivity index (χ4v) is 4.26. The molecule has 3 aliphatic rings. The van der Waals surface area contributed by atoms with Gasteiger partial charge in [0.1, 0.15) is 12.4 Å². The number of aliphatic hydroxyl groups excluding tert-OH is 1. The summed E-state index contributed by atoms with van der Waals surface area (Å²) in [5.74, 6) is 1.45. The van der Waals surface area contributed by atoms with Crippen molar-refractivity contribution in [3.05, 3.63) is 29.8 Å². The number of carbonyl (C=O) groups excluding carboxylic acids is 1. The highest BCUT2D eigenvalue weighted by Crippen LogP contribution is 2.30. The predicted molar refractivity (Wildman–Crippen MR) is 115 cm³/mol. The summed E-state index contributed by atoms with van der Waals surface area (Å²) in [6.07, 6.45) is 3.87. The lowest BCUT2D eigenvalue weighted by Crippen LogP contribution is -2.49. The van der Waals surface area contributed by atoms with Gasteiger partial charge >= 0.3 is 0 Å². The van der Waals surface area contributed by atoms with E-state index in [4.69, 9.17) is 9.47 Å². The Labute approximate surface area is 179 Å². The van der Waals surface area contributed by atoms with Crippen LogP contribution >= 0.6 is 0 Å². The molecule has 1 amide bonds. The maximum Gasteiger partial charge on any atom is 0.251 e. The molecule has 0 radical (unpaired) electrons. The van der Waals surface area contributed by atoms with Crippen molar-refractivity contribution in [2.75, 3.05) is 59.1 Å². The van der Waals surface area contributed by atoms with Crippen LogP contribution in [0.1, 0.15) is 36.0 Å². The number of amides is 1. The molecule has 2 saturated heterocycles. The molecule has 4 rings (SSSR count). The van der Waals surface area contributed by atoms with Gasteiger partial charge < -0.3 is 24.8 Å². The van der Waals surface area contributed by atoms with E-state index in [0.29, 0.717) is 12.2 Å². The van der Waals surface area contributed by atoms with Crippen molar-refractivity contribution in [3.8, 4) is 5.75 Å². The Kier molecular flexibility index (Phi) is 7.60. The Morgan fingerprint density at radius 1 is 1.10 bits per heavy atom. The van der Waals surface area contributed by atoms with Crippen molar-refractivity contribution in [3.63, 3.8) is 0 Å². The molecule has 0 bridgehead atoms. The molecule has 166 valence electrons. The van der Waals surface area contributed by atoms with E-state index in [1.807, 2.05) is 12.1 Å². The van der Waals surface area contributed by atoms with Crippen LogP contribution in [-0.4, -0.2) is 92.0 Å². The molecule has 7 heteroatoms. The van der Waals surface area contributed by atoms with E-state index in [1.54, 1.807) is 12.1 Å². The Balaban J connectivity index is 1.24. The second-order valence-corrected chi connectivity index (χ2v) is 8.82. The first-order chi connectivity index (χ1) is 14.7. The summed E-state index contributed by atoms with van der Waals surface area (Å²) >= 11 is 0. The summed E-state index contributed by atoms with van der Waals surface area (Å²) in [6.45, 7) is 7.81. The van der Waals surface area contributed by atoms with E-state index in [-0.39, 0.29) is 11.9 Å². The summed E-state index contributed by atoms with van der Waals surface area (Å²) in [7, 11) is 0. The zero-order chi connectivity index (χ0) is 20.8. The predicted octanol–water partition coefficient (Wildman–Crippen LogP) is 1.36. The zero-order valence-corrected chi connectivity index (χ0v) is 17.8. The monoisotopic (exact) mass is 417 g/mol. The Bertz CT molecular complexity index is 674. The minimum absolute atomic E-state index is 0.132. The van der Waals surface area contributed by atoms with Crippen molar-refractivity contribution in [2.24, 2.45) is 5.92 Å². The highest BCUT2D eigenvalue weighted by atomic mass is 16.5. The number of morpholine rings is 1. The lowest BCUT2D eigenvalue weighted by molar-refractivity contribution is 0.0322. The molecule has 2 N–H and O–H groups in total. The van der Waals surface area contributed by atoms with Gasteiger partial charge in [0.05, 0.1) is 25.4 Å². The fraction of sp³-hybridized carbons (Fsp3) is 0.696. The molecular weight excluding hydrogens is 382 g/mol. The molecule has 7 nitrogen and oxygen atoms in total. The van der Waals surface area contributed by atoms with Gasteiger partial charge in [-0.25, -0.2) is 0 Å². The summed E-state index contributed by atoms with van der Waals surface area (Å²) in [5.41, 5.74) is 0.598. The van der Waals surface area contributed by atoms with Gasteiger partial charge in [-0.15, -0.1) is 0 Å². The second-order valence-electron chi connectivity index (χ2n) is 8.82. The largest absolute Gasteiger partial charge is 0.492 e. The lowest BCUT2D eigenvalue weighted by atomic mass is 10.1. The van der Waals surface area contributed by atoms with Gasteiger partial charge in [-0.05, 0) is 62.4 Å². The van der Waals surface area contributed by atoms with E-state index in [1.165, 1.54) is 12.8 Å². The van der Waals surface area contributed by atoms with Gasteiger partial charge in [-0.3, -0.25) is 9.69 Å². The number of nitrogens with zero attached hydrogens (tertiary/aromatic N) is 2. The molecule has 0 unspecified atom stereocenters. The van der Waals surface area contributed by atoms with Crippen molar-refractivity contribution in [2.45, 2.75) is 37.8 Å². The van der Waals surface area contributed by atoms with Crippen LogP contribution in [0.5, 0.6) is 5.75 Å². The molecule has 1 aromatic rings. The Morgan fingerprint density at radius 2 is 1.87 bits per heavy atom. The third kappa shape index (κ3) is 6.41. The van der Waals surface area contributed by atoms with E-state index in [2.05, 4.69) is 15.1 Å². The van der Waals surface area contributed by atoms with Crippen LogP contribution in [-0.2, 0) is 4.74 Å². The second kappa shape index (κ2) is 10.6. The van der Waals surface area contributed by atoms with Crippen molar-refractivity contribution in [1.82, 2.24) is 15.1 Å². The number of nitrogens with one attached hydrogen (secondary N) is 1. The van der Waals surface area contributed by atoms with E-state index >= 15 is 0 Å². The van der Waals surface area contributed by atoms with Gasteiger partial charge in [0.25, 0.3) is 5.91 Å². The summed E-state index contributed by atoms with van der Waals surface area (Å²) in [4.78, 5) is 17.5. The maximum atomic E-state index is 12.7.